The standard InChI is InChI=1S/C20H27N5/c1-4-5-6-15-24-17-18(25(15)11-20(2,3)10-21)16-13-7-12(8-13)9-14(16)23-19(17)22/h7,9H,4-6,8,10-11,21H2,1-3H3,(H2,22,23). The molecule has 0 atom stereocenters. The number of aryl methyl sites for hydroxylation is 1. The first-order chi connectivity index (χ1) is 11.9. The normalized spacial score (nSPS) is 13.6. The second-order valence-electron chi connectivity index (χ2n) is 8.11. The summed E-state index contributed by atoms with van der Waals surface area (Å²) >= 11 is 0. The summed E-state index contributed by atoms with van der Waals surface area (Å²) in [7, 11) is 0. The van der Waals surface area contributed by atoms with Crippen molar-refractivity contribution in [1.82, 2.24) is 14.5 Å². The van der Waals surface area contributed by atoms with Gasteiger partial charge < -0.3 is 16.0 Å². The predicted molar refractivity (Wildman–Crippen MR) is 104 cm³/mol. The van der Waals surface area contributed by atoms with Gasteiger partial charge in [0.1, 0.15) is 11.3 Å². The van der Waals surface area contributed by atoms with Crippen molar-refractivity contribution >= 4 is 27.8 Å². The molecule has 0 unspecified atom stereocenters. The molecular weight excluding hydrogens is 310 g/mol. The summed E-state index contributed by atoms with van der Waals surface area (Å²) in [6, 6.07) is 4.42. The topological polar surface area (TPSA) is 82.8 Å². The average Bonchev–Trinajstić information content (AvgIpc) is 2.90. The fourth-order valence-electron chi connectivity index (χ4n) is 3.74. The van der Waals surface area contributed by atoms with Crippen molar-refractivity contribution in [3.05, 3.63) is 29.1 Å². The van der Waals surface area contributed by atoms with Gasteiger partial charge in [-0.15, -0.1) is 0 Å². The van der Waals surface area contributed by atoms with Gasteiger partial charge in [0.15, 0.2) is 5.82 Å². The van der Waals surface area contributed by atoms with Crippen LogP contribution >= 0.6 is 0 Å². The first kappa shape index (κ1) is 16.3. The molecule has 2 heterocycles. The number of nitrogen functional groups attached to an aromatic ring is 1. The molecule has 0 fully saturated rings. The second-order valence-corrected chi connectivity index (χ2v) is 8.11. The van der Waals surface area contributed by atoms with E-state index in [9.17, 15) is 0 Å². The van der Waals surface area contributed by atoms with Gasteiger partial charge >= 0.3 is 0 Å². The van der Waals surface area contributed by atoms with E-state index >= 15 is 0 Å². The van der Waals surface area contributed by atoms with Crippen LogP contribution in [0.5, 0.6) is 0 Å². The van der Waals surface area contributed by atoms with Crippen molar-refractivity contribution in [3.8, 4) is 0 Å². The maximum Gasteiger partial charge on any atom is 0.152 e. The number of pyridine rings is 1. The van der Waals surface area contributed by atoms with Crippen LogP contribution in [-0.2, 0) is 19.4 Å². The Morgan fingerprint density at radius 1 is 1.24 bits per heavy atom. The Balaban J connectivity index is 2.02. The van der Waals surface area contributed by atoms with Crippen LogP contribution in [0, 0.1) is 5.41 Å². The summed E-state index contributed by atoms with van der Waals surface area (Å²) in [6.07, 6.45) is 4.25. The molecule has 0 saturated heterocycles. The Morgan fingerprint density at radius 2 is 2.00 bits per heavy atom. The molecule has 2 aliphatic carbocycles. The maximum atomic E-state index is 6.29. The predicted octanol–water partition coefficient (Wildman–Crippen LogP) is 3.40. The van der Waals surface area contributed by atoms with E-state index in [-0.39, 0.29) is 5.41 Å². The molecule has 25 heavy (non-hydrogen) atoms. The molecule has 5 heteroatoms. The van der Waals surface area contributed by atoms with E-state index < -0.39 is 0 Å². The Bertz CT molecular complexity index is 968. The SMILES string of the molecule is CCCCc1nc2c(N)nc3cc4cc(c3c2n1CC(C)(C)CN)C4. The van der Waals surface area contributed by atoms with Crippen LogP contribution in [-0.4, -0.2) is 21.1 Å². The van der Waals surface area contributed by atoms with E-state index in [0.717, 1.165) is 54.6 Å². The number of anilines is 1. The molecule has 1 aromatic carbocycles. The van der Waals surface area contributed by atoms with Crippen molar-refractivity contribution in [2.45, 2.75) is 53.0 Å². The highest BCUT2D eigenvalue weighted by atomic mass is 15.1. The molecule has 0 amide bonds. The lowest BCUT2D eigenvalue weighted by molar-refractivity contribution is 0.317. The monoisotopic (exact) mass is 337 g/mol. The highest BCUT2D eigenvalue weighted by molar-refractivity contribution is 6.09. The van der Waals surface area contributed by atoms with Crippen molar-refractivity contribution in [2.75, 3.05) is 12.3 Å². The van der Waals surface area contributed by atoms with E-state index in [4.69, 9.17) is 16.5 Å². The zero-order valence-corrected chi connectivity index (χ0v) is 15.4. The summed E-state index contributed by atoms with van der Waals surface area (Å²) < 4.78 is 2.37. The van der Waals surface area contributed by atoms with Gasteiger partial charge in [0.05, 0.1) is 11.0 Å². The van der Waals surface area contributed by atoms with Gasteiger partial charge in [0.2, 0.25) is 0 Å². The first-order valence-electron chi connectivity index (χ1n) is 9.23. The van der Waals surface area contributed by atoms with E-state index in [2.05, 4.69) is 42.5 Å². The van der Waals surface area contributed by atoms with E-state index in [1.165, 1.54) is 16.5 Å². The number of hydrogen-bond acceptors (Lipinski definition) is 4. The Labute approximate surface area is 148 Å². The molecule has 2 aliphatic rings. The van der Waals surface area contributed by atoms with Gasteiger partial charge in [0.25, 0.3) is 0 Å². The van der Waals surface area contributed by atoms with Gasteiger partial charge in [-0.05, 0) is 42.0 Å². The van der Waals surface area contributed by atoms with Crippen LogP contribution in [0.25, 0.3) is 21.9 Å². The van der Waals surface area contributed by atoms with E-state index in [1.807, 2.05) is 0 Å². The van der Waals surface area contributed by atoms with Crippen molar-refractivity contribution in [2.24, 2.45) is 11.1 Å². The van der Waals surface area contributed by atoms with Crippen LogP contribution in [0.1, 0.15) is 50.6 Å². The molecule has 3 aromatic rings. The number of unbranched alkanes of at least 4 members (excludes halogenated alkanes) is 1. The third-order valence-electron chi connectivity index (χ3n) is 5.31. The summed E-state index contributed by atoms with van der Waals surface area (Å²) in [5.74, 6) is 1.64. The molecule has 0 aliphatic heterocycles. The maximum absolute atomic E-state index is 6.29. The Morgan fingerprint density at radius 3 is 2.68 bits per heavy atom. The number of aromatic nitrogens is 3. The molecule has 5 rings (SSSR count). The number of nitrogens with two attached hydrogens (primary N) is 2. The number of benzene rings is 1. The van der Waals surface area contributed by atoms with Gasteiger partial charge in [-0.1, -0.05) is 33.3 Å². The fraction of sp³-hybridized carbons (Fsp3) is 0.500. The lowest BCUT2D eigenvalue weighted by Crippen LogP contribution is -2.29. The molecule has 0 spiro atoms. The Hall–Kier alpha value is -2.14. The molecule has 0 saturated carbocycles. The number of hydrogen-bond donors (Lipinski definition) is 2. The van der Waals surface area contributed by atoms with Crippen molar-refractivity contribution in [3.63, 3.8) is 0 Å². The minimum atomic E-state index is 0.00315. The first-order valence-corrected chi connectivity index (χ1v) is 9.23. The summed E-state index contributed by atoms with van der Waals surface area (Å²) in [4.78, 5) is 9.55. The third kappa shape index (κ3) is 2.58. The second kappa shape index (κ2) is 5.70. The number of imidazole rings is 1. The van der Waals surface area contributed by atoms with Crippen LogP contribution in [0.4, 0.5) is 5.82 Å². The zero-order chi connectivity index (χ0) is 17.8. The fourth-order valence-corrected chi connectivity index (χ4v) is 3.74. The highest BCUT2D eigenvalue weighted by Gasteiger charge is 2.26. The van der Waals surface area contributed by atoms with Crippen molar-refractivity contribution < 1.29 is 0 Å². The number of fused-ring (bicyclic) bond motifs is 1. The van der Waals surface area contributed by atoms with E-state index in [1.54, 1.807) is 0 Å². The lowest BCUT2D eigenvalue weighted by atomic mass is 9.88. The van der Waals surface area contributed by atoms with Crippen LogP contribution < -0.4 is 11.5 Å². The average molecular weight is 337 g/mol. The molecule has 5 nitrogen and oxygen atoms in total. The largest absolute Gasteiger partial charge is 0.382 e. The van der Waals surface area contributed by atoms with Gasteiger partial charge in [-0.3, -0.25) is 0 Å². The van der Waals surface area contributed by atoms with Crippen molar-refractivity contribution in [1.29, 1.82) is 0 Å². The molecular formula is C20H27N5. The summed E-state index contributed by atoms with van der Waals surface area (Å²) in [6.45, 7) is 8.11. The van der Waals surface area contributed by atoms with Crippen LogP contribution in [0.15, 0.2) is 12.1 Å². The van der Waals surface area contributed by atoms with Crippen LogP contribution in [0.2, 0.25) is 0 Å². The third-order valence-corrected chi connectivity index (χ3v) is 5.31. The van der Waals surface area contributed by atoms with Gasteiger partial charge in [-0.2, -0.15) is 0 Å². The summed E-state index contributed by atoms with van der Waals surface area (Å²) in [5, 5.41) is 1.22. The molecule has 4 N–H and O–H groups in total. The quantitative estimate of drug-likeness (QED) is 0.565. The minimum absolute atomic E-state index is 0.00315. The Kier molecular flexibility index (Phi) is 3.72. The number of nitrogens with zero attached hydrogens (tertiary/aromatic N) is 3. The van der Waals surface area contributed by atoms with Gasteiger partial charge in [-0.25, -0.2) is 9.97 Å². The smallest absolute Gasteiger partial charge is 0.152 e. The molecule has 132 valence electrons. The molecule has 2 bridgehead atoms. The number of rotatable bonds is 6. The van der Waals surface area contributed by atoms with Gasteiger partial charge in [0, 0.05) is 18.4 Å². The lowest BCUT2D eigenvalue weighted by Gasteiger charge is -2.26. The molecule has 2 aromatic heterocycles. The highest BCUT2D eigenvalue weighted by Crippen LogP contribution is 2.38. The van der Waals surface area contributed by atoms with Crippen LogP contribution in [0.3, 0.4) is 0 Å². The zero-order valence-electron chi connectivity index (χ0n) is 15.4. The molecule has 0 radical (unpaired) electrons. The minimum Gasteiger partial charge on any atom is -0.382 e. The summed E-state index contributed by atoms with van der Waals surface area (Å²) in [5.41, 5.74) is 18.0. The van der Waals surface area contributed by atoms with E-state index in [0.29, 0.717) is 12.4 Å².